The number of amides is 1. The summed E-state index contributed by atoms with van der Waals surface area (Å²) in [7, 11) is 3.63. The summed E-state index contributed by atoms with van der Waals surface area (Å²) in [4.78, 5) is 30.3. The minimum atomic E-state index is -0.349. The van der Waals surface area contributed by atoms with E-state index in [1.807, 2.05) is 20.2 Å². The van der Waals surface area contributed by atoms with Gasteiger partial charge in [-0.1, -0.05) is 12.1 Å². The molecule has 10 heteroatoms. The first kappa shape index (κ1) is 24.7. The molecular weight excluding hydrogens is 483 g/mol. The zero-order valence-electron chi connectivity index (χ0n) is 20.8. The van der Waals surface area contributed by atoms with E-state index in [2.05, 4.69) is 25.3 Å². The molecule has 0 bridgehead atoms. The van der Waals surface area contributed by atoms with E-state index < -0.39 is 0 Å². The lowest BCUT2D eigenvalue weighted by molar-refractivity contribution is -0.116. The first-order valence-corrected chi connectivity index (χ1v) is 11.8. The van der Waals surface area contributed by atoms with Gasteiger partial charge in [-0.15, -0.1) is 0 Å². The molecule has 0 fully saturated rings. The van der Waals surface area contributed by atoms with Crippen LogP contribution in [0.3, 0.4) is 0 Å². The fraction of sp³-hybridized carbons (Fsp3) is 0.107. The highest BCUT2D eigenvalue weighted by Gasteiger charge is 2.16. The maximum Gasteiger partial charge on any atom is 0.238 e. The van der Waals surface area contributed by atoms with Crippen LogP contribution in [-0.4, -0.2) is 57.1 Å². The number of aromatic nitrogens is 4. The first-order valence-electron chi connectivity index (χ1n) is 11.8. The van der Waals surface area contributed by atoms with Crippen LogP contribution >= 0.6 is 0 Å². The third kappa shape index (κ3) is 5.11. The number of pyridine rings is 3. The van der Waals surface area contributed by atoms with Crippen LogP contribution in [0.2, 0.25) is 0 Å². The number of carbonyl (C=O) groups is 1. The summed E-state index contributed by atoms with van der Waals surface area (Å²) < 4.78 is 13.9. The average Bonchev–Trinajstić information content (AvgIpc) is 3.33. The lowest BCUT2D eigenvalue weighted by Gasteiger charge is -2.11. The summed E-state index contributed by atoms with van der Waals surface area (Å²) in [6.07, 6.45) is 6.33. The molecule has 0 atom stereocenters. The maximum atomic E-state index is 13.9. The third-order valence-electron chi connectivity index (χ3n) is 5.90. The Balaban J connectivity index is 1.48. The maximum absolute atomic E-state index is 13.9. The summed E-state index contributed by atoms with van der Waals surface area (Å²) in [6.45, 7) is 0.243. The number of hydrogen-bond donors (Lipinski definition) is 4. The fourth-order valence-corrected chi connectivity index (χ4v) is 4.18. The van der Waals surface area contributed by atoms with Crippen LogP contribution in [0.15, 0.2) is 73.3 Å². The minimum Gasteiger partial charge on any atom is -0.397 e. The Morgan fingerprint density at radius 2 is 1.92 bits per heavy atom. The van der Waals surface area contributed by atoms with Crippen molar-refractivity contribution in [2.45, 2.75) is 0 Å². The normalized spacial score (nSPS) is 11.2. The van der Waals surface area contributed by atoms with Gasteiger partial charge in [0, 0.05) is 40.0 Å². The quantitative estimate of drug-likeness (QED) is 0.242. The van der Waals surface area contributed by atoms with Crippen molar-refractivity contribution in [1.29, 1.82) is 5.41 Å². The smallest absolute Gasteiger partial charge is 0.238 e. The van der Waals surface area contributed by atoms with E-state index in [4.69, 9.17) is 11.1 Å². The number of nitrogens with two attached hydrogens (primary N) is 1. The monoisotopic (exact) mass is 508 g/mol. The molecular formula is C28H25FN8O. The van der Waals surface area contributed by atoms with Crippen LogP contribution in [0.5, 0.6) is 0 Å². The number of halogens is 1. The van der Waals surface area contributed by atoms with Crippen molar-refractivity contribution in [2.24, 2.45) is 0 Å². The fourth-order valence-electron chi connectivity index (χ4n) is 4.18. The number of anilines is 2. The molecule has 4 aromatic heterocycles. The van der Waals surface area contributed by atoms with Gasteiger partial charge in [-0.3, -0.25) is 25.2 Å². The summed E-state index contributed by atoms with van der Waals surface area (Å²) in [5, 5.41) is 12.5. The van der Waals surface area contributed by atoms with Crippen LogP contribution in [-0.2, 0) is 4.79 Å². The van der Waals surface area contributed by atoms with Gasteiger partial charge in [0.2, 0.25) is 5.91 Å². The van der Waals surface area contributed by atoms with Crippen molar-refractivity contribution in [3.8, 4) is 22.5 Å². The summed E-state index contributed by atoms with van der Waals surface area (Å²) in [5.41, 5.74) is 11.5. The Hall–Kier alpha value is -4.96. The molecule has 0 spiro atoms. The van der Waals surface area contributed by atoms with Gasteiger partial charge in [0.05, 0.1) is 53.1 Å². The Labute approximate surface area is 218 Å². The Bertz CT molecular complexity index is 1680. The van der Waals surface area contributed by atoms with Crippen molar-refractivity contribution in [2.75, 3.05) is 31.7 Å². The molecule has 190 valence electrons. The standard InChI is InChI=1S/C28H25FN8O/c1-37(2)15-26(38)35-19-9-17(12-32-13-19)24-10-20(22(30)14-34-24)27(31)25-11-21-23(36-25)6-7-33-28(21)16-4-3-5-18(29)8-16/h3-14,31,36H,15,30H2,1-2H3,(H,35,38). The molecule has 1 amide bonds. The predicted octanol–water partition coefficient (Wildman–Crippen LogP) is 4.32. The number of carbonyl (C=O) groups excluding carboxylic acids is 1. The van der Waals surface area contributed by atoms with Gasteiger partial charge in [-0.05, 0) is 50.5 Å². The Morgan fingerprint density at radius 1 is 1.08 bits per heavy atom. The Kier molecular flexibility index (Phi) is 6.63. The largest absolute Gasteiger partial charge is 0.397 e. The molecule has 0 aliphatic rings. The number of nitrogen functional groups attached to an aromatic ring is 1. The number of hydrogen-bond acceptors (Lipinski definition) is 7. The van der Waals surface area contributed by atoms with E-state index in [1.165, 1.54) is 18.3 Å². The highest BCUT2D eigenvalue weighted by Crippen LogP contribution is 2.30. The molecule has 38 heavy (non-hydrogen) atoms. The van der Waals surface area contributed by atoms with Crippen LogP contribution in [0.4, 0.5) is 15.8 Å². The molecule has 0 saturated carbocycles. The van der Waals surface area contributed by atoms with Crippen molar-refractivity contribution >= 4 is 33.9 Å². The minimum absolute atomic E-state index is 0.160. The van der Waals surface area contributed by atoms with Crippen LogP contribution in [0, 0.1) is 11.2 Å². The molecule has 9 nitrogen and oxygen atoms in total. The average molecular weight is 509 g/mol. The van der Waals surface area contributed by atoms with E-state index in [9.17, 15) is 9.18 Å². The van der Waals surface area contributed by atoms with E-state index in [1.54, 1.807) is 53.8 Å². The number of H-pyrrole nitrogens is 1. The molecule has 5 aromatic rings. The lowest BCUT2D eigenvalue weighted by atomic mass is 10.0. The number of likely N-dealkylation sites (N-methyl/N-ethyl adjacent to an activating group) is 1. The van der Waals surface area contributed by atoms with Crippen LogP contribution in [0.1, 0.15) is 11.3 Å². The van der Waals surface area contributed by atoms with E-state index in [0.717, 1.165) is 10.9 Å². The molecule has 0 radical (unpaired) electrons. The second-order valence-electron chi connectivity index (χ2n) is 9.09. The molecule has 0 aliphatic heterocycles. The van der Waals surface area contributed by atoms with Crippen molar-refractivity contribution in [3.63, 3.8) is 0 Å². The van der Waals surface area contributed by atoms with Gasteiger partial charge in [0.25, 0.3) is 0 Å². The molecule has 0 aliphatic carbocycles. The molecule has 4 heterocycles. The number of nitrogens with one attached hydrogen (secondary N) is 3. The third-order valence-corrected chi connectivity index (χ3v) is 5.90. The van der Waals surface area contributed by atoms with E-state index in [0.29, 0.717) is 45.1 Å². The number of aromatic amines is 1. The summed E-state index contributed by atoms with van der Waals surface area (Å²) in [6, 6.07) is 13.3. The molecule has 0 unspecified atom stereocenters. The van der Waals surface area contributed by atoms with Crippen LogP contribution < -0.4 is 11.1 Å². The zero-order chi connectivity index (χ0) is 26.8. The van der Waals surface area contributed by atoms with Gasteiger partial charge in [0.1, 0.15) is 5.82 Å². The van der Waals surface area contributed by atoms with Gasteiger partial charge in [-0.25, -0.2) is 4.39 Å². The molecule has 1 aromatic carbocycles. The zero-order valence-corrected chi connectivity index (χ0v) is 20.8. The molecule has 5 N–H and O–H groups in total. The highest BCUT2D eigenvalue weighted by atomic mass is 19.1. The summed E-state index contributed by atoms with van der Waals surface area (Å²) in [5.74, 6) is -0.509. The first-order chi connectivity index (χ1) is 18.3. The van der Waals surface area contributed by atoms with Crippen molar-refractivity contribution in [1.82, 2.24) is 24.8 Å². The second-order valence-corrected chi connectivity index (χ2v) is 9.09. The van der Waals surface area contributed by atoms with E-state index >= 15 is 0 Å². The van der Waals surface area contributed by atoms with E-state index in [-0.39, 0.29) is 24.0 Å². The second kappa shape index (κ2) is 10.2. The van der Waals surface area contributed by atoms with Gasteiger partial charge >= 0.3 is 0 Å². The topological polar surface area (TPSA) is 137 Å². The SMILES string of the molecule is CN(C)CC(=O)Nc1cncc(-c2cc(C(=N)c3cc4c(-c5cccc(F)c5)nccc4[nH]3)c(N)cn2)c1. The number of rotatable bonds is 7. The number of benzene rings is 1. The van der Waals surface area contributed by atoms with Gasteiger partial charge in [-0.2, -0.15) is 0 Å². The Morgan fingerprint density at radius 3 is 2.71 bits per heavy atom. The van der Waals surface area contributed by atoms with Crippen molar-refractivity contribution < 1.29 is 9.18 Å². The molecule has 0 saturated heterocycles. The van der Waals surface area contributed by atoms with Gasteiger partial charge in [0.15, 0.2) is 0 Å². The predicted molar refractivity (Wildman–Crippen MR) is 146 cm³/mol. The van der Waals surface area contributed by atoms with Crippen LogP contribution in [0.25, 0.3) is 33.4 Å². The number of nitrogens with zero attached hydrogens (tertiary/aromatic N) is 4. The summed E-state index contributed by atoms with van der Waals surface area (Å²) >= 11 is 0. The highest BCUT2D eigenvalue weighted by molar-refractivity contribution is 6.15. The lowest BCUT2D eigenvalue weighted by Crippen LogP contribution is -2.27. The van der Waals surface area contributed by atoms with Crippen molar-refractivity contribution in [3.05, 3.63) is 90.4 Å². The number of fused-ring (bicyclic) bond motifs is 1. The molecule has 5 rings (SSSR count). The van der Waals surface area contributed by atoms with Gasteiger partial charge < -0.3 is 20.9 Å².